The first-order valence-corrected chi connectivity index (χ1v) is 4.69. The van der Waals surface area contributed by atoms with Crippen molar-refractivity contribution in [1.29, 1.82) is 0 Å². The maximum atomic E-state index is 13.1. The van der Waals surface area contributed by atoms with Crippen LogP contribution in [0, 0.1) is 15.9 Å². The van der Waals surface area contributed by atoms with E-state index in [-0.39, 0.29) is 5.69 Å². The maximum Gasteiger partial charge on any atom is 0.328 e. The molecule has 0 amide bonds. The number of carboxylic acids is 1. The number of hydrogen-bond acceptors (Lipinski definition) is 4. The smallest absolute Gasteiger partial charge is 0.328 e. The molecule has 0 heterocycles. The summed E-state index contributed by atoms with van der Waals surface area (Å²) in [6.07, 6.45) is 0. The summed E-state index contributed by atoms with van der Waals surface area (Å²) >= 11 is 0. The van der Waals surface area contributed by atoms with E-state index >= 15 is 0 Å². The number of non-ortho nitro benzene ring substituents is 1. The van der Waals surface area contributed by atoms with E-state index in [9.17, 15) is 19.3 Å². The summed E-state index contributed by atoms with van der Waals surface area (Å²) in [5.74, 6) is -1.95. The molecular weight excluding hydrogens is 231 g/mol. The van der Waals surface area contributed by atoms with Crippen LogP contribution in [-0.4, -0.2) is 21.5 Å². The minimum Gasteiger partial charge on any atom is -0.480 e. The van der Waals surface area contributed by atoms with Gasteiger partial charge < -0.3 is 10.4 Å². The average molecular weight is 242 g/mol. The first kappa shape index (κ1) is 12.9. The Morgan fingerprint density at radius 2 is 2.06 bits per heavy atom. The van der Waals surface area contributed by atoms with Crippen LogP contribution in [0.2, 0.25) is 0 Å². The molecule has 1 aromatic rings. The molecule has 17 heavy (non-hydrogen) atoms. The third-order valence-electron chi connectivity index (χ3n) is 2.08. The highest BCUT2D eigenvalue weighted by molar-refractivity contribution is 5.81. The van der Waals surface area contributed by atoms with Gasteiger partial charge in [-0.05, 0) is 19.9 Å². The fraction of sp³-hybridized carbons (Fsp3) is 0.300. The first-order valence-electron chi connectivity index (χ1n) is 4.69. The fourth-order valence-electron chi connectivity index (χ4n) is 1.17. The molecule has 1 rings (SSSR count). The van der Waals surface area contributed by atoms with Gasteiger partial charge in [0.25, 0.3) is 5.69 Å². The molecule has 0 unspecified atom stereocenters. The summed E-state index contributed by atoms with van der Waals surface area (Å²) in [6.45, 7) is 2.73. The van der Waals surface area contributed by atoms with Crippen molar-refractivity contribution in [1.82, 2.24) is 0 Å². The molecule has 0 saturated carbocycles. The van der Waals surface area contributed by atoms with Crippen molar-refractivity contribution in [3.8, 4) is 0 Å². The van der Waals surface area contributed by atoms with E-state index in [0.29, 0.717) is 0 Å². The predicted molar refractivity (Wildman–Crippen MR) is 58.4 cm³/mol. The highest BCUT2D eigenvalue weighted by Crippen LogP contribution is 2.22. The van der Waals surface area contributed by atoms with Crippen LogP contribution in [0.25, 0.3) is 0 Å². The van der Waals surface area contributed by atoms with Crippen LogP contribution in [0.3, 0.4) is 0 Å². The Morgan fingerprint density at radius 3 is 2.53 bits per heavy atom. The third-order valence-corrected chi connectivity index (χ3v) is 2.08. The van der Waals surface area contributed by atoms with E-state index in [2.05, 4.69) is 5.32 Å². The minimum atomic E-state index is -1.35. The molecule has 2 N–H and O–H groups in total. The summed E-state index contributed by atoms with van der Waals surface area (Å²) in [7, 11) is 0. The van der Waals surface area contributed by atoms with Crippen molar-refractivity contribution < 1.29 is 19.2 Å². The number of anilines is 1. The Hall–Kier alpha value is -2.18. The van der Waals surface area contributed by atoms with Crippen LogP contribution in [0.5, 0.6) is 0 Å². The normalized spacial score (nSPS) is 11.0. The van der Waals surface area contributed by atoms with Gasteiger partial charge >= 0.3 is 5.97 Å². The molecule has 7 heteroatoms. The van der Waals surface area contributed by atoms with Gasteiger partial charge in [-0.3, -0.25) is 10.1 Å². The molecule has 0 aliphatic heterocycles. The predicted octanol–water partition coefficient (Wildman–Crippen LogP) is 2.01. The number of nitrogens with zero attached hydrogens (tertiary/aromatic N) is 1. The van der Waals surface area contributed by atoms with Crippen LogP contribution in [0.15, 0.2) is 18.2 Å². The zero-order valence-electron chi connectivity index (χ0n) is 9.23. The van der Waals surface area contributed by atoms with Crippen LogP contribution >= 0.6 is 0 Å². The molecule has 0 aliphatic rings. The van der Waals surface area contributed by atoms with Gasteiger partial charge in [-0.25, -0.2) is 9.18 Å². The number of aliphatic carboxylic acids is 1. The molecule has 0 radical (unpaired) electrons. The van der Waals surface area contributed by atoms with Crippen LogP contribution in [0.1, 0.15) is 13.8 Å². The van der Waals surface area contributed by atoms with E-state index in [1.165, 1.54) is 13.8 Å². The second kappa shape index (κ2) is 4.36. The highest BCUT2D eigenvalue weighted by Gasteiger charge is 2.27. The molecule has 0 spiro atoms. The lowest BCUT2D eigenvalue weighted by atomic mass is 10.1. The first-order chi connectivity index (χ1) is 7.72. The molecule has 0 aliphatic carbocycles. The van der Waals surface area contributed by atoms with E-state index < -0.39 is 27.9 Å². The molecule has 1 aromatic carbocycles. The second-order valence-electron chi connectivity index (χ2n) is 4.01. The third kappa shape index (κ3) is 3.13. The van der Waals surface area contributed by atoms with Crippen LogP contribution < -0.4 is 5.32 Å². The summed E-state index contributed by atoms with van der Waals surface area (Å²) in [5.41, 5.74) is -1.74. The average Bonchev–Trinajstić information content (AvgIpc) is 2.15. The van der Waals surface area contributed by atoms with Gasteiger partial charge in [-0.15, -0.1) is 0 Å². The Bertz CT molecular complexity index is 473. The van der Waals surface area contributed by atoms with Gasteiger partial charge in [-0.2, -0.15) is 0 Å². The quantitative estimate of drug-likeness (QED) is 0.622. The number of nitrogens with one attached hydrogen (secondary N) is 1. The zero-order valence-corrected chi connectivity index (χ0v) is 9.23. The molecule has 6 nitrogen and oxygen atoms in total. The van der Waals surface area contributed by atoms with Crippen molar-refractivity contribution in [2.45, 2.75) is 19.4 Å². The van der Waals surface area contributed by atoms with E-state index in [4.69, 9.17) is 5.11 Å². The van der Waals surface area contributed by atoms with Crippen molar-refractivity contribution >= 4 is 17.3 Å². The van der Waals surface area contributed by atoms with Crippen molar-refractivity contribution in [2.75, 3.05) is 5.32 Å². The minimum absolute atomic E-state index is 0.0455. The molecule has 0 atom stereocenters. The largest absolute Gasteiger partial charge is 0.480 e. The molecule has 0 fully saturated rings. The van der Waals surface area contributed by atoms with E-state index in [1.807, 2.05) is 0 Å². The standard InChI is InChI=1S/C10H11FN2O4/c1-10(2,9(14)15)12-7-3-6(11)4-8(5-7)13(16)17/h3-5,12H,1-2H3,(H,14,15). The topological polar surface area (TPSA) is 92.5 Å². The van der Waals surface area contributed by atoms with Gasteiger partial charge in [0.15, 0.2) is 0 Å². The van der Waals surface area contributed by atoms with Crippen LogP contribution in [0.4, 0.5) is 15.8 Å². The summed E-state index contributed by atoms with van der Waals surface area (Å²) in [5, 5.41) is 21.9. The summed E-state index contributed by atoms with van der Waals surface area (Å²) in [4.78, 5) is 20.6. The number of carboxylic acid groups (broad SMARTS) is 1. The van der Waals surface area contributed by atoms with Gasteiger partial charge in [0.2, 0.25) is 0 Å². The number of carbonyl (C=O) groups is 1. The molecule has 0 saturated heterocycles. The SMILES string of the molecule is CC(C)(Nc1cc(F)cc([N+](=O)[O-])c1)C(=O)O. The Labute approximate surface area is 96.2 Å². The lowest BCUT2D eigenvalue weighted by molar-refractivity contribution is -0.385. The Morgan fingerprint density at radius 1 is 1.47 bits per heavy atom. The molecule has 0 bridgehead atoms. The lowest BCUT2D eigenvalue weighted by Crippen LogP contribution is -2.39. The van der Waals surface area contributed by atoms with Crippen molar-refractivity contribution in [3.63, 3.8) is 0 Å². The Balaban J connectivity index is 3.07. The number of halogens is 1. The zero-order chi connectivity index (χ0) is 13.2. The van der Waals surface area contributed by atoms with Gasteiger partial charge in [0, 0.05) is 11.8 Å². The molecular formula is C10H11FN2O4. The summed E-state index contributed by atoms with van der Waals surface area (Å²) in [6, 6.07) is 2.84. The lowest BCUT2D eigenvalue weighted by Gasteiger charge is -2.22. The van der Waals surface area contributed by atoms with E-state index in [0.717, 1.165) is 18.2 Å². The number of nitro groups is 1. The second-order valence-corrected chi connectivity index (χ2v) is 4.01. The van der Waals surface area contributed by atoms with Gasteiger partial charge in [0.05, 0.1) is 11.0 Å². The van der Waals surface area contributed by atoms with Crippen molar-refractivity contribution in [2.24, 2.45) is 0 Å². The number of benzene rings is 1. The highest BCUT2D eigenvalue weighted by atomic mass is 19.1. The number of hydrogen-bond donors (Lipinski definition) is 2. The van der Waals surface area contributed by atoms with Crippen molar-refractivity contribution in [3.05, 3.63) is 34.1 Å². The number of nitro benzene ring substituents is 1. The molecule has 92 valence electrons. The fourth-order valence-corrected chi connectivity index (χ4v) is 1.17. The number of rotatable bonds is 4. The monoisotopic (exact) mass is 242 g/mol. The van der Waals surface area contributed by atoms with Gasteiger partial charge in [-0.1, -0.05) is 0 Å². The van der Waals surface area contributed by atoms with Crippen LogP contribution in [-0.2, 0) is 4.79 Å². The molecule has 0 aromatic heterocycles. The summed E-state index contributed by atoms with van der Waals surface area (Å²) < 4.78 is 13.1. The Kier molecular flexibility index (Phi) is 3.31. The maximum absolute atomic E-state index is 13.1. The van der Waals surface area contributed by atoms with Gasteiger partial charge in [0.1, 0.15) is 11.4 Å². The van der Waals surface area contributed by atoms with E-state index in [1.54, 1.807) is 0 Å².